The van der Waals surface area contributed by atoms with Crippen LogP contribution in [0.3, 0.4) is 0 Å². The second-order valence-corrected chi connectivity index (χ2v) is 19.4. The standard InChI is InChI=1S/C60H41N3S/c1-35-31-38-13-3-4-16-41(38)56-49-34-37(26-28-54(49)64-58(35)56)36-25-27-53-48(33-36)44-19-8-10-24-52(44)63(53)59-61-51-23-9-7-20-47(51)57(62-59)39-14-11-15-40(32-39)60(2)30-29-46-43-18-6-5-17-42(43)45-21-12-22-50(60)55(45)46/h3-29,32-35H,30-31H2,1-2H3. The van der Waals surface area contributed by atoms with Gasteiger partial charge in [-0.2, -0.15) is 0 Å². The average Bonchev–Trinajstić information content (AvgIpc) is 4.01. The average molecular weight is 836 g/mol. The van der Waals surface area contributed by atoms with Crippen molar-refractivity contribution in [2.75, 3.05) is 0 Å². The van der Waals surface area contributed by atoms with Crippen molar-refractivity contribution in [2.45, 2.75) is 38.0 Å². The van der Waals surface area contributed by atoms with Crippen molar-refractivity contribution in [1.29, 1.82) is 0 Å². The van der Waals surface area contributed by atoms with Crippen LogP contribution >= 0.6 is 11.3 Å². The van der Waals surface area contributed by atoms with Gasteiger partial charge in [0.1, 0.15) is 0 Å². The second kappa shape index (κ2) is 13.3. The summed E-state index contributed by atoms with van der Waals surface area (Å²) in [6.07, 6.45) is 4.50. The minimum absolute atomic E-state index is 0.209. The van der Waals surface area contributed by atoms with Gasteiger partial charge in [0, 0.05) is 47.7 Å². The molecule has 0 spiro atoms. The molecule has 3 aliphatic rings. The van der Waals surface area contributed by atoms with Gasteiger partial charge < -0.3 is 0 Å². The van der Waals surface area contributed by atoms with E-state index in [-0.39, 0.29) is 5.41 Å². The molecule has 3 heterocycles. The van der Waals surface area contributed by atoms with E-state index in [2.05, 4.69) is 200 Å². The van der Waals surface area contributed by atoms with Crippen molar-refractivity contribution >= 4 is 59.7 Å². The molecule has 11 aromatic rings. The number of fused-ring (bicyclic) bond motifs is 12. The molecule has 14 rings (SSSR count). The van der Waals surface area contributed by atoms with E-state index in [9.17, 15) is 0 Å². The molecule has 2 atom stereocenters. The zero-order chi connectivity index (χ0) is 42.3. The Morgan fingerprint density at radius 1 is 0.562 bits per heavy atom. The van der Waals surface area contributed by atoms with Gasteiger partial charge in [0.2, 0.25) is 5.95 Å². The van der Waals surface area contributed by atoms with E-state index in [0.29, 0.717) is 11.9 Å². The number of rotatable bonds is 4. The Kier molecular flexibility index (Phi) is 7.51. The van der Waals surface area contributed by atoms with Crippen LogP contribution in [-0.4, -0.2) is 14.5 Å². The van der Waals surface area contributed by atoms with Gasteiger partial charge in [0.15, 0.2) is 0 Å². The molecular formula is C60H41N3S. The maximum Gasteiger partial charge on any atom is 0.235 e. The molecule has 0 radical (unpaired) electrons. The fourth-order valence-electron chi connectivity index (χ4n) is 11.6. The maximum absolute atomic E-state index is 5.55. The summed E-state index contributed by atoms with van der Waals surface area (Å²) in [5.74, 6) is 1.19. The molecule has 64 heavy (non-hydrogen) atoms. The zero-order valence-corrected chi connectivity index (χ0v) is 36.4. The molecule has 0 bridgehead atoms. The molecule has 302 valence electrons. The number of thiophene rings is 1. The first-order valence-electron chi connectivity index (χ1n) is 22.5. The summed E-state index contributed by atoms with van der Waals surface area (Å²) in [6.45, 7) is 4.80. The molecule has 3 aromatic heterocycles. The first kappa shape index (κ1) is 36.1. The van der Waals surface area contributed by atoms with Crippen molar-refractivity contribution in [1.82, 2.24) is 14.5 Å². The summed E-state index contributed by atoms with van der Waals surface area (Å²) in [5, 5.41) is 4.78. The van der Waals surface area contributed by atoms with Crippen LogP contribution in [0.4, 0.5) is 0 Å². The highest BCUT2D eigenvalue weighted by Gasteiger charge is 2.39. The third-order valence-electron chi connectivity index (χ3n) is 14.7. The molecular weight excluding hydrogens is 795 g/mol. The topological polar surface area (TPSA) is 30.7 Å². The summed E-state index contributed by atoms with van der Waals surface area (Å²) in [6, 6.07) is 65.1. The molecule has 8 aromatic carbocycles. The lowest BCUT2D eigenvalue weighted by atomic mass is 9.67. The SMILES string of the molecule is CC1Cc2ccccc2-c2c1sc1ccc(-c3ccc4c(c3)c3ccccc3n4-c3nc(-c4cccc(C5(C)CC=C6c7ccccc7-c7cccc5c76)c4)c4ccccc4n3)cc21. The monoisotopic (exact) mass is 835 g/mol. The number of allylic oxidation sites excluding steroid dienone is 1. The minimum atomic E-state index is -0.209. The van der Waals surface area contributed by atoms with E-state index in [0.717, 1.165) is 46.0 Å². The minimum Gasteiger partial charge on any atom is -0.278 e. The highest BCUT2D eigenvalue weighted by Crippen LogP contribution is 2.54. The molecule has 0 saturated carbocycles. The molecule has 0 aliphatic heterocycles. The molecule has 0 saturated heterocycles. The Labute approximate surface area is 375 Å². The van der Waals surface area contributed by atoms with Gasteiger partial charge in [0.25, 0.3) is 0 Å². The van der Waals surface area contributed by atoms with Crippen molar-refractivity contribution in [2.24, 2.45) is 0 Å². The van der Waals surface area contributed by atoms with Crippen molar-refractivity contribution in [3.63, 3.8) is 0 Å². The third kappa shape index (κ3) is 5.03. The highest BCUT2D eigenvalue weighted by atomic mass is 32.1. The van der Waals surface area contributed by atoms with Crippen LogP contribution in [0.25, 0.3) is 99.0 Å². The summed E-state index contributed by atoms with van der Waals surface area (Å²) in [7, 11) is 0. The van der Waals surface area contributed by atoms with Gasteiger partial charge in [-0.05, 0) is 122 Å². The molecule has 0 amide bonds. The second-order valence-electron chi connectivity index (χ2n) is 18.3. The molecule has 3 nitrogen and oxygen atoms in total. The lowest BCUT2D eigenvalue weighted by molar-refractivity contribution is 0.574. The smallest absolute Gasteiger partial charge is 0.235 e. The predicted molar refractivity (Wildman–Crippen MR) is 268 cm³/mol. The Morgan fingerprint density at radius 2 is 1.28 bits per heavy atom. The Morgan fingerprint density at radius 3 is 2.19 bits per heavy atom. The van der Waals surface area contributed by atoms with Gasteiger partial charge in [-0.25, -0.2) is 9.97 Å². The molecule has 4 heteroatoms. The number of hydrogen-bond acceptors (Lipinski definition) is 3. The molecule has 3 aliphatic carbocycles. The Balaban J connectivity index is 0.907. The predicted octanol–water partition coefficient (Wildman–Crippen LogP) is 15.7. The van der Waals surface area contributed by atoms with Gasteiger partial charge in [-0.15, -0.1) is 11.3 Å². The molecule has 2 unspecified atom stereocenters. The Bertz CT molecular complexity index is 3840. The largest absolute Gasteiger partial charge is 0.278 e. The van der Waals surface area contributed by atoms with E-state index in [1.54, 1.807) is 0 Å². The van der Waals surface area contributed by atoms with Crippen LogP contribution in [0.2, 0.25) is 0 Å². The van der Waals surface area contributed by atoms with E-state index in [1.165, 1.54) is 92.5 Å². The van der Waals surface area contributed by atoms with Gasteiger partial charge in [-0.1, -0.05) is 153 Å². The summed E-state index contributed by atoms with van der Waals surface area (Å²) in [5.41, 5.74) is 21.1. The number of para-hydroxylation sites is 2. The third-order valence-corrected chi connectivity index (χ3v) is 16.1. The first-order valence-corrected chi connectivity index (χ1v) is 23.3. The van der Waals surface area contributed by atoms with Crippen LogP contribution in [0.15, 0.2) is 182 Å². The van der Waals surface area contributed by atoms with E-state index < -0.39 is 0 Å². The van der Waals surface area contributed by atoms with Gasteiger partial charge in [-0.3, -0.25) is 4.57 Å². The fraction of sp³-hybridized carbons (Fsp3) is 0.100. The van der Waals surface area contributed by atoms with Crippen LogP contribution in [-0.2, 0) is 11.8 Å². The lowest BCUT2D eigenvalue weighted by Gasteiger charge is -2.36. The normalized spacial score (nSPS) is 17.1. The lowest BCUT2D eigenvalue weighted by Crippen LogP contribution is -2.27. The van der Waals surface area contributed by atoms with Crippen LogP contribution in [0, 0.1) is 0 Å². The maximum atomic E-state index is 5.55. The highest BCUT2D eigenvalue weighted by molar-refractivity contribution is 7.19. The summed E-state index contributed by atoms with van der Waals surface area (Å²) in [4.78, 5) is 12.4. The van der Waals surface area contributed by atoms with E-state index in [4.69, 9.17) is 9.97 Å². The number of benzene rings is 8. The first-order chi connectivity index (χ1) is 31.5. The fourth-order valence-corrected chi connectivity index (χ4v) is 12.8. The zero-order valence-electron chi connectivity index (χ0n) is 35.6. The van der Waals surface area contributed by atoms with E-state index in [1.807, 2.05) is 11.3 Å². The van der Waals surface area contributed by atoms with Gasteiger partial charge in [0.05, 0.1) is 22.2 Å². The quantitative estimate of drug-likeness (QED) is 0.177. The van der Waals surface area contributed by atoms with E-state index >= 15 is 0 Å². The molecule has 0 fully saturated rings. The Hall–Kier alpha value is -7.40. The van der Waals surface area contributed by atoms with Crippen molar-refractivity contribution < 1.29 is 0 Å². The summed E-state index contributed by atoms with van der Waals surface area (Å²) >= 11 is 1.97. The van der Waals surface area contributed by atoms with Gasteiger partial charge >= 0.3 is 0 Å². The van der Waals surface area contributed by atoms with Crippen molar-refractivity contribution in [3.8, 4) is 50.6 Å². The molecule has 0 N–H and O–H groups in total. The van der Waals surface area contributed by atoms with Crippen LogP contribution in [0.1, 0.15) is 58.9 Å². The number of aromatic nitrogens is 3. The number of hydrogen-bond donors (Lipinski definition) is 0. The summed E-state index contributed by atoms with van der Waals surface area (Å²) < 4.78 is 3.63. The number of nitrogens with zero attached hydrogens (tertiary/aromatic N) is 3. The van der Waals surface area contributed by atoms with Crippen molar-refractivity contribution in [3.05, 3.63) is 215 Å². The van der Waals surface area contributed by atoms with Crippen LogP contribution in [0.5, 0.6) is 0 Å². The van der Waals surface area contributed by atoms with Crippen LogP contribution < -0.4 is 0 Å².